The Morgan fingerprint density at radius 1 is 0.962 bits per heavy atom. The summed E-state index contributed by atoms with van der Waals surface area (Å²) in [6.45, 7) is 0. The highest BCUT2D eigenvalue weighted by molar-refractivity contribution is 5.97. The molecule has 0 spiro atoms. The summed E-state index contributed by atoms with van der Waals surface area (Å²) < 4.78 is 0. The van der Waals surface area contributed by atoms with E-state index in [-0.39, 0.29) is 6.42 Å². The van der Waals surface area contributed by atoms with Crippen LogP contribution in [0.5, 0.6) is 0 Å². The lowest BCUT2D eigenvalue weighted by atomic mass is 10.1. The van der Waals surface area contributed by atoms with E-state index in [1.54, 1.807) is 30.3 Å². The molecule has 2 aromatic rings. The number of carbonyl (C=O) groups excluding carboxylic acids is 2. The molecule has 0 aliphatic rings. The zero-order valence-corrected chi connectivity index (χ0v) is 13.2. The molecule has 0 saturated carbocycles. The smallest absolute Gasteiger partial charge is 0.277 e. The SMILES string of the molecule is O=C(N[C@H](Cc1ccccc1)C(=O)[O-])c1cc([N+](=O)[O-])cc([N+](=O)[O-])c1. The molecule has 10 nitrogen and oxygen atoms in total. The average molecular weight is 358 g/mol. The number of carbonyl (C=O) groups is 2. The van der Waals surface area contributed by atoms with E-state index in [9.17, 15) is 34.9 Å². The zero-order valence-electron chi connectivity index (χ0n) is 13.2. The summed E-state index contributed by atoms with van der Waals surface area (Å²) in [5, 5.41) is 35.2. The Bertz CT molecular complexity index is 835. The van der Waals surface area contributed by atoms with Gasteiger partial charge < -0.3 is 15.2 Å². The number of hydrogen-bond donors (Lipinski definition) is 1. The standard InChI is InChI=1S/C16H13N3O7/c20-15(11-7-12(18(23)24)9-13(8-11)19(25)26)17-14(16(21)22)6-10-4-2-1-3-5-10/h1-5,7-9,14H,6H2,(H,17,20)(H,21,22)/p-1/t14-/m1/s1. The molecule has 2 aromatic carbocycles. The van der Waals surface area contributed by atoms with Crippen molar-refractivity contribution in [3.05, 3.63) is 79.9 Å². The second-order valence-corrected chi connectivity index (χ2v) is 5.29. The number of amides is 1. The molecule has 0 aliphatic heterocycles. The van der Waals surface area contributed by atoms with Crippen molar-refractivity contribution in [1.29, 1.82) is 0 Å². The molecule has 26 heavy (non-hydrogen) atoms. The van der Waals surface area contributed by atoms with Crippen LogP contribution in [0.4, 0.5) is 11.4 Å². The topological polar surface area (TPSA) is 156 Å². The van der Waals surface area contributed by atoms with Crippen LogP contribution in [0.3, 0.4) is 0 Å². The fourth-order valence-electron chi connectivity index (χ4n) is 2.22. The Kier molecular flexibility index (Phi) is 5.58. The van der Waals surface area contributed by atoms with E-state index < -0.39 is 44.7 Å². The third-order valence-electron chi connectivity index (χ3n) is 3.46. The lowest BCUT2D eigenvalue weighted by Crippen LogP contribution is -2.49. The van der Waals surface area contributed by atoms with E-state index in [4.69, 9.17) is 0 Å². The first kappa shape index (κ1) is 18.5. The quantitative estimate of drug-likeness (QED) is 0.561. The Morgan fingerprint density at radius 2 is 1.50 bits per heavy atom. The molecule has 0 unspecified atom stereocenters. The lowest BCUT2D eigenvalue weighted by molar-refractivity contribution is -0.394. The van der Waals surface area contributed by atoms with Gasteiger partial charge in [0.2, 0.25) is 0 Å². The number of benzene rings is 2. The molecule has 0 fully saturated rings. The number of non-ortho nitro benzene ring substituents is 2. The monoisotopic (exact) mass is 358 g/mol. The van der Waals surface area contributed by atoms with E-state index in [0.717, 1.165) is 12.1 Å². The summed E-state index contributed by atoms with van der Waals surface area (Å²) in [5.41, 5.74) is -1.09. The van der Waals surface area contributed by atoms with Crippen LogP contribution in [0.25, 0.3) is 0 Å². The van der Waals surface area contributed by atoms with E-state index in [1.165, 1.54) is 0 Å². The number of carboxylic acids is 1. The highest BCUT2D eigenvalue weighted by atomic mass is 16.6. The second-order valence-electron chi connectivity index (χ2n) is 5.29. The first-order chi connectivity index (χ1) is 12.3. The maximum absolute atomic E-state index is 12.3. The van der Waals surface area contributed by atoms with Gasteiger partial charge in [-0.3, -0.25) is 25.0 Å². The summed E-state index contributed by atoms with van der Waals surface area (Å²) in [6.07, 6.45) is -0.0774. The third kappa shape index (κ3) is 4.60. The number of hydrogen-bond acceptors (Lipinski definition) is 7. The molecule has 0 aromatic heterocycles. The molecular formula is C16H12N3O7-. The molecule has 2 rings (SSSR count). The van der Waals surface area contributed by atoms with Crippen LogP contribution in [-0.2, 0) is 11.2 Å². The summed E-state index contributed by atoms with van der Waals surface area (Å²) in [7, 11) is 0. The van der Waals surface area contributed by atoms with Crippen LogP contribution < -0.4 is 10.4 Å². The number of nitrogens with one attached hydrogen (secondary N) is 1. The van der Waals surface area contributed by atoms with Crippen LogP contribution in [-0.4, -0.2) is 27.8 Å². The van der Waals surface area contributed by atoms with Crippen molar-refractivity contribution in [3.8, 4) is 0 Å². The predicted octanol–water partition coefficient (Wildman–Crippen LogP) is 0.594. The first-order valence-electron chi connectivity index (χ1n) is 7.27. The Morgan fingerprint density at radius 3 is 1.96 bits per heavy atom. The largest absolute Gasteiger partial charge is 0.548 e. The van der Waals surface area contributed by atoms with Crippen LogP contribution in [0.15, 0.2) is 48.5 Å². The number of nitro groups is 2. The third-order valence-corrected chi connectivity index (χ3v) is 3.46. The van der Waals surface area contributed by atoms with Gasteiger partial charge in [-0.05, 0) is 12.0 Å². The van der Waals surface area contributed by atoms with Gasteiger partial charge in [0.05, 0.1) is 33.5 Å². The van der Waals surface area contributed by atoms with Crippen molar-refractivity contribution < 1.29 is 24.5 Å². The number of aliphatic carboxylic acids is 1. The number of rotatable bonds is 7. The van der Waals surface area contributed by atoms with Gasteiger partial charge in [0.25, 0.3) is 17.3 Å². The van der Waals surface area contributed by atoms with E-state index in [2.05, 4.69) is 5.32 Å². The summed E-state index contributed by atoms with van der Waals surface area (Å²) >= 11 is 0. The van der Waals surface area contributed by atoms with Crippen LogP contribution in [0, 0.1) is 20.2 Å². The highest BCUT2D eigenvalue weighted by Gasteiger charge is 2.22. The molecule has 134 valence electrons. The fraction of sp³-hybridized carbons (Fsp3) is 0.125. The highest BCUT2D eigenvalue weighted by Crippen LogP contribution is 2.22. The van der Waals surface area contributed by atoms with Crippen molar-refractivity contribution in [2.24, 2.45) is 0 Å². The summed E-state index contributed by atoms with van der Waals surface area (Å²) in [6, 6.07) is 9.37. The zero-order chi connectivity index (χ0) is 19.3. The van der Waals surface area contributed by atoms with Gasteiger partial charge in [-0.25, -0.2) is 0 Å². The normalized spacial score (nSPS) is 11.4. The van der Waals surface area contributed by atoms with E-state index in [0.29, 0.717) is 11.6 Å². The molecule has 0 heterocycles. The minimum absolute atomic E-state index is 0.0774. The maximum Gasteiger partial charge on any atom is 0.277 e. The van der Waals surface area contributed by atoms with Gasteiger partial charge in [-0.1, -0.05) is 30.3 Å². The van der Waals surface area contributed by atoms with Crippen molar-refractivity contribution in [3.63, 3.8) is 0 Å². The Labute approximate surface area is 146 Å². The molecule has 0 bridgehead atoms. The summed E-state index contributed by atoms with van der Waals surface area (Å²) in [5.74, 6) is -2.55. The molecular weight excluding hydrogens is 346 g/mol. The maximum atomic E-state index is 12.3. The molecule has 0 saturated heterocycles. The van der Waals surface area contributed by atoms with Gasteiger partial charge in [0, 0.05) is 12.1 Å². The van der Waals surface area contributed by atoms with Crippen LogP contribution in [0.1, 0.15) is 15.9 Å². The molecule has 10 heteroatoms. The van der Waals surface area contributed by atoms with Crippen molar-refractivity contribution in [1.82, 2.24) is 5.32 Å². The van der Waals surface area contributed by atoms with E-state index >= 15 is 0 Å². The number of nitrogens with zero attached hydrogens (tertiary/aromatic N) is 2. The first-order valence-corrected chi connectivity index (χ1v) is 7.27. The molecule has 1 N–H and O–H groups in total. The lowest BCUT2D eigenvalue weighted by Gasteiger charge is -2.19. The fourth-order valence-corrected chi connectivity index (χ4v) is 2.22. The molecule has 1 atom stereocenters. The van der Waals surface area contributed by atoms with Crippen molar-refractivity contribution >= 4 is 23.3 Å². The van der Waals surface area contributed by atoms with Gasteiger partial charge in [0.1, 0.15) is 0 Å². The van der Waals surface area contributed by atoms with Gasteiger partial charge in [-0.15, -0.1) is 0 Å². The minimum atomic E-state index is -1.55. The summed E-state index contributed by atoms with van der Waals surface area (Å²) in [4.78, 5) is 43.5. The Hall–Kier alpha value is -3.82. The van der Waals surface area contributed by atoms with Crippen LogP contribution >= 0.6 is 0 Å². The van der Waals surface area contributed by atoms with Crippen LogP contribution in [0.2, 0.25) is 0 Å². The average Bonchev–Trinajstić information content (AvgIpc) is 2.61. The van der Waals surface area contributed by atoms with Gasteiger partial charge in [0.15, 0.2) is 0 Å². The minimum Gasteiger partial charge on any atom is -0.548 e. The van der Waals surface area contributed by atoms with Crippen molar-refractivity contribution in [2.75, 3.05) is 0 Å². The molecule has 0 aliphatic carbocycles. The molecule has 0 radical (unpaired) electrons. The van der Waals surface area contributed by atoms with Gasteiger partial charge in [-0.2, -0.15) is 0 Å². The Balaban J connectivity index is 2.27. The van der Waals surface area contributed by atoms with E-state index in [1.807, 2.05) is 0 Å². The number of carboxylic acid groups (broad SMARTS) is 1. The van der Waals surface area contributed by atoms with Crippen molar-refractivity contribution in [2.45, 2.75) is 12.5 Å². The second kappa shape index (κ2) is 7.83. The predicted molar refractivity (Wildman–Crippen MR) is 86.2 cm³/mol. The molecule has 1 amide bonds. The van der Waals surface area contributed by atoms with Gasteiger partial charge >= 0.3 is 0 Å². The number of nitro benzene ring substituents is 2.